The summed E-state index contributed by atoms with van der Waals surface area (Å²) in [5, 5.41) is 0. The van der Waals surface area contributed by atoms with Gasteiger partial charge in [0.1, 0.15) is 11.5 Å². The molecule has 1 aliphatic rings. The maximum absolute atomic E-state index is 12.3. The van der Waals surface area contributed by atoms with E-state index in [-0.39, 0.29) is 0 Å². The van der Waals surface area contributed by atoms with Gasteiger partial charge in [0.2, 0.25) is 0 Å². The van der Waals surface area contributed by atoms with E-state index in [9.17, 15) is 9.59 Å². The molecule has 0 spiro atoms. The summed E-state index contributed by atoms with van der Waals surface area (Å²) in [4.78, 5) is 24.7. The van der Waals surface area contributed by atoms with Gasteiger partial charge in [-0.1, -0.05) is 84.9 Å². The Balaban J connectivity index is 1.81. The Morgan fingerprint density at radius 3 is 1.27 bits per heavy atom. The maximum Gasteiger partial charge on any atom is 0.335 e. The van der Waals surface area contributed by atoms with Gasteiger partial charge in [0, 0.05) is 12.2 Å². The fourth-order valence-corrected chi connectivity index (χ4v) is 6.22. The fourth-order valence-electron chi connectivity index (χ4n) is 6.22. The number of hydrogen-bond donors (Lipinski definition) is 0. The molecule has 0 atom stereocenters. The lowest BCUT2D eigenvalue weighted by molar-refractivity contribution is -0.130. The Labute approximate surface area is 242 Å². The minimum Gasteiger partial charge on any atom is -0.423 e. The average Bonchev–Trinajstić information content (AvgIpc) is 3.24. The molecule has 0 fully saturated rings. The lowest BCUT2D eigenvalue weighted by Crippen LogP contribution is -2.29. The summed E-state index contributed by atoms with van der Waals surface area (Å²) in [6.45, 7) is 11.5. The van der Waals surface area contributed by atoms with E-state index in [1.807, 2.05) is 27.7 Å². The number of aryl methyl sites for hydroxylation is 4. The van der Waals surface area contributed by atoms with E-state index in [4.69, 9.17) is 9.47 Å². The van der Waals surface area contributed by atoms with E-state index in [0.717, 1.165) is 33.4 Å². The van der Waals surface area contributed by atoms with Crippen LogP contribution in [-0.2, 0) is 15.0 Å². The summed E-state index contributed by atoms with van der Waals surface area (Å²) >= 11 is 0. The van der Waals surface area contributed by atoms with Crippen LogP contribution in [0.1, 0.15) is 58.4 Å². The number of benzene rings is 4. The van der Waals surface area contributed by atoms with Crippen LogP contribution in [0, 0.1) is 27.7 Å². The summed E-state index contributed by atoms with van der Waals surface area (Å²) < 4.78 is 11.5. The number of hydrogen-bond acceptors (Lipinski definition) is 4. The minimum absolute atomic E-state index is 0.396. The van der Waals surface area contributed by atoms with Gasteiger partial charge in [-0.25, -0.2) is 9.59 Å². The van der Waals surface area contributed by atoms with Crippen LogP contribution < -0.4 is 9.47 Å². The molecule has 0 radical (unpaired) electrons. The van der Waals surface area contributed by atoms with E-state index < -0.39 is 17.4 Å². The van der Waals surface area contributed by atoms with Gasteiger partial charge in [0.25, 0.3) is 0 Å². The normalized spacial score (nSPS) is 13.3. The Kier molecular flexibility index (Phi) is 7.51. The zero-order chi connectivity index (χ0) is 29.3. The molecule has 5 rings (SSSR count). The molecule has 206 valence electrons. The molecule has 4 aromatic rings. The molecule has 0 amide bonds. The van der Waals surface area contributed by atoms with Gasteiger partial charge in [0.05, 0.1) is 5.41 Å². The second-order valence-corrected chi connectivity index (χ2v) is 10.6. The van der Waals surface area contributed by atoms with Crippen LogP contribution in [0.4, 0.5) is 0 Å². The summed E-state index contributed by atoms with van der Waals surface area (Å²) in [6, 6.07) is 25.6. The highest BCUT2D eigenvalue weighted by atomic mass is 16.5. The molecule has 0 bridgehead atoms. The van der Waals surface area contributed by atoms with Crippen molar-refractivity contribution in [2.45, 2.75) is 47.0 Å². The molecule has 0 saturated heterocycles. The fraction of sp³-hybridized carbons (Fsp3) is 0.189. The first kappa shape index (κ1) is 27.9. The van der Waals surface area contributed by atoms with Crippen molar-refractivity contribution in [1.82, 2.24) is 0 Å². The van der Waals surface area contributed by atoms with Crippen LogP contribution in [0.2, 0.25) is 0 Å². The summed E-state index contributed by atoms with van der Waals surface area (Å²) in [6.07, 6.45) is 6.20. The van der Waals surface area contributed by atoms with Gasteiger partial charge in [0.15, 0.2) is 0 Å². The van der Waals surface area contributed by atoms with Crippen molar-refractivity contribution in [3.8, 4) is 22.6 Å². The molecule has 4 nitrogen and oxygen atoms in total. The third-order valence-electron chi connectivity index (χ3n) is 7.75. The van der Waals surface area contributed by atoms with Crippen LogP contribution in [0.15, 0.2) is 97.1 Å². The smallest absolute Gasteiger partial charge is 0.335 e. The zero-order valence-electron chi connectivity index (χ0n) is 24.4. The van der Waals surface area contributed by atoms with Gasteiger partial charge < -0.3 is 9.47 Å². The van der Waals surface area contributed by atoms with Crippen LogP contribution >= 0.6 is 0 Å². The van der Waals surface area contributed by atoms with Gasteiger partial charge in [-0.2, -0.15) is 0 Å². The molecular formula is C37H34O4. The van der Waals surface area contributed by atoms with Gasteiger partial charge in [-0.3, -0.25) is 0 Å². The third-order valence-corrected chi connectivity index (χ3v) is 7.75. The molecule has 1 aliphatic carbocycles. The highest BCUT2D eigenvalue weighted by Crippen LogP contribution is 2.57. The van der Waals surface area contributed by atoms with E-state index in [1.54, 1.807) is 26.0 Å². The molecule has 0 unspecified atom stereocenters. The molecule has 4 heteroatoms. The van der Waals surface area contributed by atoms with Crippen molar-refractivity contribution in [1.29, 1.82) is 0 Å². The van der Waals surface area contributed by atoms with Crippen molar-refractivity contribution in [3.05, 3.63) is 142 Å². The number of rotatable bonds is 6. The van der Waals surface area contributed by atoms with Crippen molar-refractivity contribution in [2.24, 2.45) is 0 Å². The first-order chi connectivity index (χ1) is 19.7. The van der Waals surface area contributed by atoms with Crippen molar-refractivity contribution in [2.75, 3.05) is 0 Å². The maximum atomic E-state index is 12.3. The predicted molar refractivity (Wildman–Crippen MR) is 164 cm³/mol. The molecule has 0 heterocycles. The minimum atomic E-state index is -0.643. The third kappa shape index (κ3) is 4.70. The predicted octanol–water partition coefficient (Wildman–Crippen LogP) is 8.25. The quantitative estimate of drug-likeness (QED) is 0.123. The molecule has 0 aromatic heterocycles. The molecular weight excluding hydrogens is 508 g/mol. The molecule has 4 aromatic carbocycles. The lowest BCUT2D eigenvalue weighted by atomic mass is 9.66. The van der Waals surface area contributed by atoms with Crippen LogP contribution in [0.25, 0.3) is 11.1 Å². The number of allylic oxidation sites excluding steroid dienone is 2. The molecule has 0 aliphatic heterocycles. The molecule has 0 N–H and O–H groups in total. The number of esters is 2. The van der Waals surface area contributed by atoms with Crippen molar-refractivity contribution >= 4 is 11.9 Å². The zero-order valence-corrected chi connectivity index (χ0v) is 24.4. The SMILES string of the molecule is CC=CC(=O)Oc1c(C)cc(C2(c3cc(C)c(OC(=O)C=CC)c(C)c3)c3ccccc3-c3ccccc32)cc1C. The van der Waals surface area contributed by atoms with Gasteiger partial charge in [-0.05, 0) is 97.2 Å². The Bertz CT molecular complexity index is 1560. The van der Waals surface area contributed by atoms with Crippen molar-refractivity contribution in [3.63, 3.8) is 0 Å². The number of ether oxygens (including phenoxy) is 2. The van der Waals surface area contributed by atoms with Crippen LogP contribution in [0.3, 0.4) is 0 Å². The summed E-state index contributed by atoms with van der Waals surface area (Å²) in [5.74, 6) is 0.356. The van der Waals surface area contributed by atoms with Crippen molar-refractivity contribution < 1.29 is 19.1 Å². The second-order valence-electron chi connectivity index (χ2n) is 10.6. The number of carbonyl (C=O) groups excluding carboxylic acids is 2. The largest absolute Gasteiger partial charge is 0.423 e. The Morgan fingerprint density at radius 2 is 0.927 bits per heavy atom. The van der Waals surface area contributed by atoms with Gasteiger partial charge >= 0.3 is 11.9 Å². The number of carbonyl (C=O) groups is 2. The van der Waals surface area contributed by atoms with E-state index >= 15 is 0 Å². The van der Waals surface area contributed by atoms with Gasteiger partial charge in [-0.15, -0.1) is 0 Å². The number of fused-ring (bicyclic) bond motifs is 3. The highest BCUT2D eigenvalue weighted by Gasteiger charge is 2.46. The topological polar surface area (TPSA) is 52.6 Å². The average molecular weight is 543 g/mol. The Morgan fingerprint density at radius 1 is 0.585 bits per heavy atom. The molecule has 0 saturated carbocycles. The second kappa shape index (κ2) is 11.1. The summed E-state index contributed by atoms with van der Waals surface area (Å²) in [5.41, 5.74) is 9.74. The first-order valence-corrected chi connectivity index (χ1v) is 13.8. The first-order valence-electron chi connectivity index (χ1n) is 13.8. The Hall–Kier alpha value is -4.70. The van der Waals surface area contributed by atoms with E-state index in [0.29, 0.717) is 11.5 Å². The highest BCUT2D eigenvalue weighted by molar-refractivity contribution is 5.88. The summed E-state index contributed by atoms with van der Waals surface area (Å²) in [7, 11) is 0. The standard InChI is InChI=1S/C37H34O4/c1-7-13-33(38)40-35-23(3)19-27(20-24(35)4)37(28-21-25(5)36(26(6)22-28)41-34(39)14-8-2)31-17-11-9-15-29(31)30-16-10-12-18-32(30)37/h7-22H,1-6H3. The molecule has 41 heavy (non-hydrogen) atoms. The van der Waals surface area contributed by atoms with Crippen LogP contribution in [0.5, 0.6) is 11.5 Å². The van der Waals surface area contributed by atoms with Crippen LogP contribution in [-0.4, -0.2) is 11.9 Å². The monoisotopic (exact) mass is 542 g/mol. The lowest BCUT2D eigenvalue weighted by Gasteiger charge is -2.35. The van der Waals surface area contributed by atoms with E-state index in [1.165, 1.54) is 34.4 Å². The van der Waals surface area contributed by atoms with E-state index in [2.05, 4.69) is 72.8 Å².